The van der Waals surface area contributed by atoms with Crippen LogP contribution >= 0.6 is 11.6 Å². The summed E-state index contributed by atoms with van der Waals surface area (Å²) >= 11 is 6.01. The third kappa shape index (κ3) is 3.74. The molecule has 1 aliphatic rings. The quantitative estimate of drug-likeness (QED) is 0.527. The second kappa shape index (κ2) is 7.69. The number of anilines is 3. The Hall–Kier alpha value is -3.16. The van der Waals surface area contributed by atoms with E-state index in [1.807, 2.05) is 48.5 Å². The maximum atomic E-state index is 6.01. The molecular weight excluding hydrogens is 388 g/mol. The predicted octanol–water partition coefficient (Wildman–Crippen LogP) is 4.25. The molecule has 2 aromatic heterocycles. The van der Waals surface area contributed by atoms with Crippen LogP contribution in [0.2, 0.25) is 5.02 Å². The van der Waals surface area contributed by atoms with Crippen molar-refractivity contribution in [3.63, 3.8) is 0 Å². The summed E-state index contributed by atoms with van der Waals surface area (Å²) in [5.41, 5.74) is 4.58. The molecule has 0 saturated carbocycles. The summed E-state index contributed by atoms with van der Waals surface area (Å²) in [5, 5.41) is 4.06. The van der Waals surface area contributed by atoms with E-state index >= 15 is 0 Å². The Kier molecular flexibility index (Phi) is 4.75. The zero-order valence-electron chi connectivity index (χ0n) is 15.6. The number of benzene rings is 2. The summed E-state index contributed by atoms with van der Waals surface area (Å²) in [6, 6.07) is 15.5. The van der Waals surface area contributed by atoms with Crippen molar-refractivity contribution in [3.8, 4) is 11.3 Å². The molecule has 3 heterocycles. The summed E-state index contributed by atoms with van der Waals surface area (Å²) < 4.78 is 5.48. The molecule has 2 N–H and O–H groups in total. The fourth-order valence-electron chi connectivity index (χ4n) is 3.40. The Balaban J connectivity index is 1.59. The number of aromatic amines is 1. The SMILES string of the molecule is Clc1ccc(Nc2cc(-c3cccc4nc[nH]c34)nc(N3CCOCC3)n2)cc1. The van der Waals surface area contributed by atoms with Crippen LogP contribution in [0.25, 0.3) is 22.3 Å². The highest BCUT2D eigenvalue weighted by Crippen LogP contribution is 2.29. The van der Waals surface area contributed by atoms with E-state index in [9.17, 15) is 0 Å². The van der Waals surface area contributed by atoms with Crippen molar-refractivity contribution in [2.24, 2.45) is 0 Å². The summed E-state index contributed by atoms with van der Waals surface area (Å²) in [6.07, 6.45) is 1.70. The van der Waals surface area contributed by atoms with Gasteiger partial charge in [-0.15, -0.1) is 0 Å². The maximum absolute atomic E-state index is 6.01. The molecule has 5 rings (SSSR count). The van der Waals surface area contributed by atoms with Crippen molar-refractivity contribution in [1.29, 1.82) is 0 Å². The summed E-state index contributed by atoms with van der Waals surface area (Å²) in [4.78, 5) is 19.3. The number of aromatic nitrogens is 4. The van der Waals surface area contributed by atoms with E-state index in [0.717, 1.165) is 46.9 Å². The van der Waals surface area contributed by atoms with Crippen LogP contribution in [-0.4, -0.2) is 46.2 Å². The van der Waals surface area contributed by atoms with E-state index < -0.39 is 0 Å². The molecule has 4 aromatic rings. The molecule has 1 saturated heterocycles. The van der Waals surface area contributed by atoms with Gasteiger partial charge in [0.15, 0.2) is 0 Å². The van der Waals surface area contributed by atoms with Crippen molar-refractivity contribution in [2.45, 2.75) is 0 Å². The topological polar surface area (TPSA) is 79.0 Å². The number of nitrogens with zero attached hydrogens (tertiary/aromatic N) is 4. The van der Waals surface area contributed by atoms with E-state index in [4.69, 9.17) is 26.3 Å². The molecule has 1 aliphatic heterocycles. The van der Waals surface area contributed by atoms with Gasteiger partial charge in [0.2, 0.25) is 5.95 Å². The van der Waals surface area contributed by atoms with Crippen molar-refractivity contribution < 1.29 is 4.74 Å². The molecule has 0 bridgehead atoms. The van der Waals surface area contributed by atoms with Crippen LogP contribution in [0.4, 0.5) is 17.5 Å². The van der Waals surface area contributed by atoms with E-state index in [1.165, 1.54) is 0 Å². The largest absolute Gasteiger partial charge is 0.378 e. The monoisotopic (exact) mass is 406 g/mol. The van der Waals surface area contributed by atoms with Crippen LogP contribution < -0.4 is 10.2 Å². The Morgan fingerprint density at radius 3 is 2.69 bits per heavy atom. The van der Waals surface area contributed by atoms with E-state index in [1.54, 1.807) is 6.33 Å². The predicted molar refractivity (Wildman–Crippen MR) is 115 cm³/mol. The van der Waals surface area contributed by atoms with Gasteiger partial charge < -0.3 is 19.9 Å². The summed E-state index contributed by atoms with van der Waals surface area (Å²) in [7, 11) is 0. The highest BCUT2D eigenvalue weighted by molar-refractivity contribution is 6.30. The van der Waals surface area contributed by atoms with Gasteiger partial charge in [-0.05, 0) is 30.3 Å². The van der Waals surface area contributed by atoms with E-state index in [0.29, 0.717) is 24.2 Å². The molecule has 0 aliphatic carbocycles. The number of H-pyrrole nitrogens is 1. The molecule has 8 heteroatoms. The van der Waals surface area contributed by atoms with Crippen LogP contribution in [0.5, 0.6) is 0 Å². The third-order valence-corrected chi connectivity index (χ3v) is 5.11. The Morgan fingerprint density at radius 2 is 1.86 bits per heavy atom. The number of rotatable bonds is 4. The number of imidazole rings is 1. The average Bonchev–Trinajstić information content (AvgIpc) is 3.25. The van der Waals surface area contributed by atoms with Crippen LogP contribution in [0.1, 0.15) is 0 Å². The second-order valence-electron chi connectivity index (χ2n) is 6.77. The molecule has 0 unspecified atom stereocenters. The standard InChI is InChI=1S/C21H19ClN6O/c22-14-4-6-15(7-5-14)25-19-12-18(16-2-1-3-17-20(16)24-13-23-17)26-21(27-19)28-8-10-29-11-9-28/h1-7,12-13H,8-11H2,(H,23,24)(H,25,26,27). The lowest BCUT2D eigenvalue weighted by Gasteiger charge is -2.27. The molecule has 29 heavy (non-hydrogen) atoms. The van der Waals surface area contributed by atoms with Crippen molar-refractivity contribution in [2.75, 3.05) is 36.5 Å². The molecule has 1 fully saturated rings. The van der Waals surface area contributed by atoms with Crippen molar-refractivity contribution in [3.05, 3.63) is 59.9 Å². The first-order valence-electron chi connectivity index (χ1n) is 9.43. The van der Waals surface area contributed by atoms with Gasteiger partial charge in [0.25, 0.3) is 0 Å². The highest BCUT2D eigenvalue weighted by Gasteiger charge is 2.17. The fourth-order valence-corrected chi connectivity index (χ4v) is 3.53. The van der Waals surface area contributed by atoms with Gasteiger partial charge >= 0.3 is 0 Å². The molecule has 0 atom stereocenters. The van der Waals surface area contributed by atoms with Crippen molar-refractivity contribution in [1.82, 2.24) is 19.9 Å². The molecule has 0 radical (unpaired) electrons. The molecular formula is C21H19ClN6O. The zero-order valence-corrected chi connectivity index (χ0v) is 16.4. The second-order valence-corrected chi connectivity index (χ2v) is 7.21. The Morgan fingerprint density at radius 1 is 1.03 bits per heavy atom. The lowest BCUT2D eigenvalue weighted by Crippen LogP contribution is -2.37. The van der Waals surface area contributed by atoms with Crippen molar-refractivity contribution >= 4 is 40.1 Å². The van der Waals surface area contributed by atoms with E-state index in [2.05, 4.69) is 20.2 Å². The number of para-hydroxylation sites is 1. The Labute approximate surface area is 172 Å². The minimum absolute atomic E-state index is 0.670. The third-order valence-electron chi connectivity index (χ3n) is 4.86. The Bertz CT molecular complexity index is 1140. The molecule has 0 amide bonds. The number of fused-ring (bicyclic) bond motifs is 1. The number of hydrogen-bond acceptors (Lipinski definition) is 6. The minimum atomic E-state index is 0.670. The van der Waals surface area contributed by atoms with E-state index in [-0.39, 0.29) is 0 Å². The van der Waals surface area contributed by atoms with Gasteiger partial charge in [-0.2, -0.15) is 4.98 Å². The average molecular weight is 407 g/mol. The van der Waals surface area contributed by atoms with Gasteiger partial charge in [-0.25, -0.2) is 9.97 Å². The normalized spacial score (nSPS) is 14.3. The smallest absolute Gasteiger partial charge is 0.228 e. The lowest BCUT2D eigenvalue weighted by atomic mass is 10.1. The number of morpholine rings is 1. The zero-order chi connectivity index (χ0) is 19.6. The van der Waals surface area contributed by atoms with Gasteiger partial charge in [0, 0.05) is 35.4 Å². The minimum Gasteiger partial charge on any atom is -0.378 e. The lowest BCUT2D eigenvalue weighted by molar-refractivity contribution is 0.122. The molecule has 2 aromatic carbocycles. The summed E-state index contributed by atoms with van der Waals surface area (Å²) in [5.74, 6) is 1.40. The van der Waals surface area contributed by atoms with Crippen LogP contribution in [0.15, 0.2) is 54.9 Å². The number of nitrogens with one attached hydrogen (secondary N) is 2. The summed E-state index contributed by atoms with van der Waals surface area (Å²) in [6.45, 7) is 2.86. The number of hydrogen-bond donors (Lipinski definition) is 2. The first-order valence-corrected chi connectivity index (χ1v) is 9.81. The van der Waals surface area contributed by atoms with Gasteiger partial charge in [-0.3, -0.25) is 0 Å². The van der Waals surface area contributed by atoms with Crippen LogP contribution in [0, 0.1) is 0 Å². The van der Waals surface area contributed by atoms with Gasteiger partial charge in [0.1, 0.15) is 5.82 Å². The maximum Gasteiger partial charge on any atom is 0.228 e. The van der Waals surface area contributed by atoms with Gasteiger partial charge in [0.05, 0.1) is 36.3 Å². The highest BCUT2D eigenvalue weighted by atomic mass is 35.5. The molecule has 146 valence electrons. The number of halogens is 1. The fraction of sp³-hybridized carbons (Fsp3) is 0.190. The molecule has 7 nitrogen and oxygen atoms in total. The molecule has 0 spiro atoms. The van der Waals surface area contributed by atoms with Crippen LogP contribution in [0.3, 0.4) is 0 Å². The first-order chi connectivity index (χ1) is 14.3. The number of ether oxygens (including phenoxy) is 1. The van der Waals surface area contributed by atoms with Crippen LogP contribution in [-0.2, 0) is 4.74 Å². The van der Waals surface area contributed by atoms with Gasteiger partial charge in [-0.1, -0.05) is 23.7 Å². The first kappa shape index (κ1) is 17.9.